The molecule has 1 saturated heterocycles. The van der Waals surface area contributed by atoms with E-state index in [9.17, 15) is 9.18 Å². The predicted octanol–water partition coefficient (Wildman–Crippen LogP) is 5.96. The Labute approximate surface area is 194 Å². The van der Waals surface area contributed by atoms with Gasteiger partial charge in [0, 0.05) is 53.5 Å². The van der Waals surface area contributed by atoms with E-state index in [4.69, 9.17) is 0 Å². The van der Waals surface area contributed by atoms with E-state index in [2.05, 4.69) is 37.8 Å². The number of carbonyl (C=O) groups excluding carboxylic acids is 1. The van der Waals surface area contributed by atoms with E-state index < -0.39 is 0 Å². The summed E-state index contributed by atoms with van der Waals surface area (Å²) in [6.45, 7) is 9.74. The second-order valence-electron chi connectivity index (χ2n) is 9.04. The zero-order valence-electron chi connectivity index (χ0n) is 19.0. The van der Waals surface area contributed by atoms with Crippen molar-refractivity contribution in [1.82, 2.24) is 9.80 Å². The molecule has 3 aromatic rings. The molecular weight excluding hydrogens is 419 g/mol. The third-order valence-corrected chi connectivity index (χ3v) is 7.31. The third kappa shape index (κ3) is 5.28. The highest BCUT2D eigenvalue weighted by Crippen LogP contribution is 2.35. The number of hydrogen-bond acceptors (Lipinski definition) is 3. The minimum Gasteiger partial charge on any atom is -0.336 e. The van der Waals surface area contributed by atoms with Crippen LogP contribution in [0, 0.1) is 18.7 Å². The average molecular weight is 451 g/mol. The molecule has 168 valence electrons. The molecule has 1 aliphatic heterocycles. The summed E-state index contributed by atoms with van der Waals surface area (Å²) >= 11 is 1.84. The molecule has 0 bridgehead atoms. The minimum atomic E-state index is -0.211. The van der Waals surface area contributed by atoms with Gasteiger partial charge in [-0.25, -0.2) is 4.39 Å². The first-order chi connectivity index (χ1) is 15.4. The van der Waals surface area contributed by atoms with Gasteiger partial charge in [-0.15, -0.1) is 11.3 Å². The molecule has 0 N–H and O–H groups in total. The van der Waals surface area contributed by atoms with Crippen molar-refractivity contribution in [3.63, 3.8) is 0 Å². The van der Waals surface area contributed by atoms with E-state index in [0.29, 0.717) is 6.54 Å². The summed E-state index contributed by atoms with van der Waals surface area (Å²) in [6.07, 6.45) is 0. The molecule has 3 nitrogen and oxygen atoms in total. The third-order valence-electron chi connectivity index (χ3n) is 6.33. The van der Waals surface area contributed by atoms with Gasteiger partial charge in [0.05, 0.1) is 0 Å². The van der Waals surface area contributed by atoms with Crippen molar-refractivity contribution in [2.75, 3.05) is 19.6 Å². The monoisotopic (exact) mass is 450 g/mol. The van der Waals surface area contributed by atoms with Crippen molar-refractivity contribution in [1.29, 1.82) is 0 Å². The fourth-order valence-corrected chi connectivity index (χ4v) is 5.61. The van der Waals surface area contributed by atoms with Gasteiger partial charge in [-0.2, -0.15) is 0 Å². The lowest BCUT2D eigenvalue weighted by atomic mass is 9.88. The molecule has 5 heteroatoms. The molecule has 0 radical (unpaired) electrons. The number of likely N-dealkylation sites (tertiary alicyclic amines) is 1. The molecule has 2 heterocycles. The minimum absolute atomic E-state index is 0.0748. The van der Waals surface area contributed by atoms with Crippen LogP contribution >= 0.6 is 11.3 Å². The van der Waals surface area contributed by atoms with E-state index >= 15 is 0 Å². The Kier molecular flexibility index (Phi) is 7.07. The van der Waals surface area contributed by atoms with Crippen LogP contribution in [0.25, 0.3) is 0 Å². The van der Waals surface area contributed by atoms with Gasteiger partial charge in [0.25, 0.3) is 5.91 Å². The molecule has 1 amide bonds. The van der Waals surface area contributed by atoms with Gasteiger partial charge >= 0.3 is 0 Å². The number of halogens is 1. The smallest absolute Gasteiger partial charge is 0.254 e. The topological polar surface area (TPSA) is 23.6 Å². The molecule has 0 saturated carbocycles. The molecule has 0 spiro atoms. The van der Waals surface area contributed by atoms with Crippen LogP contribution in [-0.4, -0.2) is 41.4 Å². The number of amides is 1. The lowest BCUT2D eigenvalue weighted by Crippen LogP contribution is -2.42. The normalized spacial score (nSPS) is 18.9. The summed E-state index contributed by atoms with van der Waals surface area (Å²) < 4.78 is 13.6. The van der Waals surface area contributed by atoms with E-state index in [-0.39, 0.29) is 29.6 Å². The van der Waals surface area contributed by atoms with Crippen molar-refractivity contribution < 1.29 is 9.18 Å². The molecule has 1 aliphatic rings. The SMILES string of the molecule is Cc1ccc(CN2CC(CN(C(=O)c3ccccc3)C(C)C)C(c3ccc(F)cc3)C2)s1. The van der Waals surface area contributed by atoms with E-state index in [1.54, 1.807) is 12.1 Å². The largest absolute Gasteiger partial charge is 0.336 e. The summed E-state index contributed by atoms with van der Waals surface area (Å²) in [5, 5.41) is 0. The van der Waals surface area contributed by atoms with Gasteiger partial charge in [-0.3, -0.25) is 9.69 Å². The van der Waals surface area contributed by atoms with E-state index in [1.807, 2.05) is 58.7 Å². The van der Waals surface area contributed by atoms with Crippen molar-refractivity contribution in [2.45, 2.75) is 39.3 Å². The number of hydrogen-bond donors (Lipinski definition) is 0. The van der Waals surface area contributed by atoms with Crippen molar-refractivity contribution in [3.05, 3.63) is 93.4 Å². The number of nitrogens with zero attached hydrogens (tertiary/aromatic N) is 2. The van der Waals surface area contributed by atoms with Crippen LogP contribution in [0.15, 0.2) is 66.7 Å². The van der Waals surface area contributed by atoms with Crippen LogP contribution < -0.4 is 0 Å². The number of thiophene rings is 1. The highest BCUT2D eigenvalue weighted by molar-refractivity contribution is 7.11. The Morgan fingerprint density at radius 1 is 1.06 bits per heavy atom. The van der Waals surface area contributed by atoms with Crippen LogP contribution in [0.1, 0.15) is 45.4 Å². The van der Waals surface area contributed by atoms with Gasteiger partial charge in [0.1, 0.15) is 5.82 Å². The van der Waals surface area contributed by atoms with Gasteiger partial charge in [-0.05, 0) is 68.7 Å². The maximum Gasteiger partial charge on any atom is 0.254 e. The molecule has 2 aromatic carbocycles. The number of aryl methyl sites for hydroxylation is 1. The van der Waals surface area contributed by atoms with Crippen molar-refractivity contribution >= 4 is 17.2 Å². The molecule has 0 aliphatic carbocycles. The predicted molar refractivity (Wildman–Crippen MR) is 130 cm³/mol. The average Bonchev–Trinajstić information content (AvgIpc) is 3.38. The lowest BCUT2D eigenvalue weighted by Gasteiger charge is -2.32. The zero-order valence-corrected chi connectivity index (χ0v) is 19.8. The van der Waals surface area contributed by atoms with Crippen LogP contribution in [-0.2, 0) is 6.54 Å². The molecule has 32 heavy (non-hydrogen) atoms. The highest BCUT2D eigenvalue weighted by atomic mass is 32.1. The highest BCUT2D eigenvalue weighted by Gasteiger charge is 2.36. The number of carbonyl (C=O) groups is 1. The molecule has 1 fully saturated rings. The molecule has 4 rings (SSSR count). The molecule has 2 unspecified atom stereocenters. The molecule has 2 atom stereocenters. The second kappa shape index (κ2) is 9.97. The Hall–Kier alpha value is -2.50. The summed E-state index contributed by atoms with van der Waals surface area (Å²) in [5.74, 6) is 0.418. The number of rotatable bonds is 7. The van der Waals surface area contributed by atoms with Crippen molar-refractivity contribution in [3.8, 4) is 0 Å². The lowest BCUT2D eigenvalue weighted by molar-refractivity contribution is 0.0668. The fraction of sp³-hybridized carbons (Fsp3) is 0.370. The Balaban J connectivity index is 1.57. The van der Waals surface area contributed by atoms with E-state index in [0.717, 1.165) is 30.8 Å². The number of benzene rings is 2. The standard InChI is InChI=1S/C27H31FN2OS/c1-19(2)30(27(31)22-7-5-4-6-8-22)16-23-15-29(17-25-14-9-20(3)32-25)18-26(23)21-10-12-24(28)13-11-21/h4-14,19,23,26H,15-18H2,1-3H3. The second-order valence-corrected chi connectivity index (χ2v) is 10.4. The van der Waals surface area contributed by atoms with Crippen LogP contribution in [0.4, 0.5) is 4.39 Å². The zero-order chi connectivity index (χ0) is 22.7. The summed E-state index contributed by atoms with van der Waals surface area (Å²) in [7, 11) is 0. The van der Waals surface area contributed by atoms with Gasteiger partial charge in [-0.1, -0.05) is 30.3 Å². The quantitative estimate of drug-likeness (QED) is 0.443. The van der Waals surface area contributed by atoms with E-state index in [1.165, 1.54) is 9.75 Å². The maximum atomic E-state index is 13.6. The van der Waals surface area contributed by atoms with Gasteiger partial charge in [0.15, 0.2) is 0 Å². The van der Waals surface area contributed by atoms with Gasteiger partial charge < -0.3 is 4.90 Å². The molecule has 1 aromatic heterocycles. The van der Waals surface area contributed by atoms with Crippen LogP contribution in [0.3, 0.4) is 0 Å². The Morgan fingerprint density at radius 3 is 2.41 bits per heavy atom. The first kappa shape index (κ1) is 22.7. The Morgan fingerprint density at radius 2 is 1.78 bits per heavy atom. The fourth-order valence-electron chi connectivity index (χ4n) is 4.68. The van der Waals surface area contributed by atoms with Gasteiger partial charge in [0.2, 0.25) is 0 Å². The first-order valence-electron chi connectivity index (χ1n) is 11.3. The van der Waals surface area contributed by atoms with Crippen LogP contribution in [0.5, 0.6) is 0 Å². The van der Waals surface area contributed by atoms with Crippen LogP contribution in [0.2, 0.25) is 0 Å². The first-order valence-corrected chi connectivity index (χ1v) is 12.1. The summed E-state index contributed by atoms with van der Waals surface area (Å²) in [5.41, 5.74) is 1.88. The molecular formula is C27H31FN2OS. The van der Waals surface area contributed by atoms with Crippen molar-refractivity contribution in [2.24, 2.45) is 5.92 Å². The Bertz CT molecular complexity index is 1030. The summed E-state index contributed by atoms with van der Waals surface area (Å²) in [4.78, 5) is 20.5. The maximum absolute atomic E-state index is 13.6. The summed E-state index contributed by atoms with van der Waals surface area (Å²) in [6, 6.07) is 20.9.